The quantitative estimate of drug-likeness (QED) is 0.195. The zero-order valence-corrected chi connectivity index (χ0v) is 34.8. The van der Waals surface area contributed by atoms with Crippen LogP contribution in [0.3, 0.4) is 0 Å². The van der Waals surface area contributed by atoms with Gasteiger partial charge in [-0.15, -0.1) is 0 Å². The van der Waals surface area contributed by atoms with Crippen molar-refractivity contribution in [1.29, 1.82) is 0 Å². The van der Waals surface area contributed by atoms with Crippen molar-refractivity contribution in [2.24, 2.45) is 17.8 Å². The maximum Gasteiger partial charge on any atom is 0.425 e. The van der Waals surface area contributed by atoms with Crippen molar-refractivity contribution in [2.45, 2.75) is 120 Å². The van der Waals surface area contributed by atoms with Gasteiger partial charge in [0.25, 0.3) is 12.3 Å². The first-order valence-corrected chi connectivity index (χ1v) is 21.5. The van der Waals surface area contributed by atoms with E-state index in [4.69, 9.17) is 21.1 Å². The lowest BCUT2D eigenvalue weighted by molar-refractivity contribution is -0.197. The summed E-state index contributed by atoms with van der Waals surface area (Å²) in [5.41, 5.74) is -1.72. The van der Waals surface area contributed by atoms with Crippen molar-refractivity contribution >= 4 is 56.2 Å². The van der Waals surface area contributed by atoms with Crippen LogP contribution in [0.25, 0.3) is 10.8 Å². The Morgan fingerprint density at radius 1 is 1.13 bits per heavy atom. The van der Waals surface area contributed by atoms with Crippen LogP contribution >= 0.6 is 11.6 Å². The fourth-order valence-corrected chi connectivity index (χ4v) is 9.18. The third-order valence-electron chi connectivity index (χ3n) is 11.7. The second-order valence-electron chi connectivity index (χ2n) is 16.5. The van der Waals surface area contributed by atoms with Crippen molar-refractivity contribution < 1.29 is 63.8 Å². The number of fused-ring (bicyclic) bond motifs is 3. The average molecular weight is 892 g/mol. The highest BCUT2D eigenvalue weighted by molar-refractivity contribution is 7.91. The van der Waals surface area contributed by atoms with Crippen LogP contribution in [-0.2, 0) is 29.1 Å². The summed E-state index contributed by atoms with van der Waals surface area (Å²) in [5.74, 6) is -4.55. The van der Waals surface area contributed by atoms with E-state index < -0.39 is 99.5 Å². The van der Waals surface area contributed by atoms with Gasteiger partial charge in [0, 0.05) is 34.2 Å². The molecule has 2 saturated carbocycles. The molecule has 1 saturated heterocycles. The monoisotopic (exact) mass is 891 g/mol. The first-order valence-electron chi connectivity index (χ1n) is 19.6. The second kappa shape index (κ2) is 17.1. The van der Waals surface area contributed by atoms with E-state index in [1.54, 1.807) is 25.1 Å². The van der Waals surface area contributed by atoms with E-state index in [9.17, 15) is 49.5 Å². The molecule has 2 aliphatic heterocycles. The number of carbonyl (C=O) groups excluding carboxylic acids is 4. The second-order valence-corrected chi connectivity index (χ2v) is 19.1. The maximum absolute atomic E-state index is 14.7. The molecule has 2 aliphatic carbocycles. The molecule has 1 aromatic carbocycles. The number of sulfonamides is 1. The zero-order valence-electron chi connectivity index (χ0n) is 33.2. The minimum Gasteiger partial charge on any atom is -0.472 e. The molecule has 14 nitrogen and oxygen atoms in total. The van der Waals surface area contributed by atoms with Gasteiger partial charge in [-0.2, -0.15) is 18.2 Å². The normalized spacial score (nSPS) is 28.7. The largest absolute Gasteiger partial charge is 0.472 e. The molecule has 1 aromatic heterocycles. The van der Waals surface area contributed by atoms with Crippen LogP contribution in [0.15, 0.2) is 36.4 Å². The van der Waals surface area contributed by atoms with E-state index in [0.717, 1.165) is 4.90 Å². The van der Waals surface area contributed by atoms with Gasteiger partial charge < -0.3 is 29.7 Å². The smallest absolute Gasteiger partial charge is 0.425 e. The number of amides is 4. The Bertz CT molecular complexity index is 2140. The summed E-state index contributed by atoms with van der Waals surface area (Å²) in [6, 6.07) is 3.08. The van der Waals surface area contributed by atoms with Gasteiger partial charge in [-0.3, -0.25) is 19.1 Å². The predicted molar refractivity (Wildman–Crippen MR) is 207 cm³/mol. The number of hydrogen-bond donors (Lipinski definition) is 3. The molecule has 21 heteroatoms. The van der Waals surface area contributed by atoms with Crippen LogP contribution < -0.4 is 24.8 Å². The third-order valence-corrected chi connectivity index (χ3v) is 14.2. The highest BCUT2D eigenvalue weighted by atomic mass is 35.5. The molecule has 330 valence electrons. The number of benzene rings is 1. The molecular weight excluding hydrogens is 845 g/mol. The number of carbonyl (C=O) groups is 4. The molecule has 0 radical (unpaired) electrons. The Balaban J connectivity index is 1.37. The number of rotatable bonds is 10. The van der Waals surface area contributed by atoms with Gasteiger partial charge >= 0.3 is 12.3 Å². The SMILES string of the molecule is CC1CCC=CC2CC2(C(=O)NS(=O)(=O)C2(C)CC2)NC(=O)C2CC(Oc3nc(OCC(F)F)cc4c(Cl)cccc34)CN2C(=O)C(NC(=O)OC(C)C(F)(F)F)C(C)C1. The van der Waals surface area contributed by atoms with Crippen molar-refractivity contribution in [3.05, 3.63) is 41.4 Å². The van der Waals surface area contributed by atoms with Gasteiger partial charge in [0.15, 0.2) is 12.7 Å². The number of nitrogens with zero attached hydrogens (tertiary/aromatic N) is 2. The molecule has 2 aromatic rings. The number of alkyl halides is 5. The van der Waals surface area contributed by atoms with Gasteiger partial charge in [0.1, 0.15) is 23.7 Å². The lowest BCUT2D eigenvalue weighted by Gasteiger charge is -2.33. The minimum absolute atomic E-state index is 0.0377. The number of ether oxygens (including phenoxy) is 3. The Hall–Kier alpha value is -4.46. The van der Waals surface area contributed by atoms with E-state index in [2.05, 4.69) is 25.1 Å². The molecule has 3 fully saturated rings. The van der Waals surface area contributed by atoms with Gasteiger partial charge in [-0.25, -0.2) is 22.0 Å². The summed E-state index contributed by atoms with van der Waals surface area (Å²) in [6.07, 6.45) is -7.51. The average Bonchev–Trinajstić information content (AvgIpc) is 4.04. The van der Waals surface area contributed by atoms with Crippen LogP contribution in [0.5, 0.6) is 11.8 Å². The zero-order chi connectivity index (χ0) is 43.9. The fourth-order valence-electron chi connectivity index (χ4n) is 7.64. The maximum atomic E-state index is 14.7. The summed E-state index contributed by atoms with van der Waals surface area (Å²) >= 11 is 6.43. The summed E-state index contributed by atoms with van der Waals surface area (Å²) < 4.78 is 110. The summed E-state index contributed by atoms with van der Waals surface area (Å²) in [4.78, 5) is 61.4. The molecule has 60 heavy (non-hydrogen) atoms. The summed E-state index contributed by atoms with van der Waals surface area (Å²) in [6.45, 7) is 4.28. The molecule has 3 heterocycles. The first-order chi connectivity index (χ1) is 28.0. The number of halogens is 6. The molecule has 3 N–H and O–H groups in total. The van der Waals surface area contributed by atoms with Crippen LogP contribution in [-0.4, -0.2) is 102 Å². The summed E-state index contributed by atoms with van der Waals surface area (Å²) in [5, 5.41) is 5.87. The van der Waals surface area contributed by atoms with Crippen LogP contribution in [0.4, 0.5) is 26.7 Å². The fraction of sp³-hybridized carbons (Fsp3) is 0.615. The van der Waals surface area contributed by atoms with Gasteiger partial charge in [-0.05, 0) is 76.3 Å². The van der Waals surface area contributed by atoms with E-state index in [1.165, 1.54) is 19.1 Å². The van der Waals surface area contributed by atoms with Gasteiger partial charge in [-0.1, -0.05) is 43.7 Å². The topological polar surface area (TPSA) is 182 Å². The lowest BCUT2D eigenvalue weighted by Crippen LogP contribution is -2.59. The molecule has 4 amide bonds. The van der Waals surface area contributed by atoms with E-state index >= 15 is 0 Å². The Morgan fingerprint density at radius 3 is 2.52 bits per heavy atom. The van der Waals surface area contributed by atoms with Gasteiger partial charge in [0.2, 0.25) is 33.6 Å². The number of aromatic nitrogens is 1. The molecule has 8 atom stereocenters. The number of nitrogens with one attached hydrogen (secondary N) is 3. The van der Waals surface area contributed by atoms with Crippen molar-refractivity contribution in [2.75, 3.05) is 13.2 Å². The van der Waals surface area contributed by atoms with Gasteiger partial charge in [0.05, 0.1) is 11.3 Å². The van der Waals surface area contributed by atoms with Crippen LogP contribution in [0.1, 0.15) is 72.6 Å². The third kappa shape index (κ3) is 9.84. The van der Waals surface area contributed by atoms with Crippen LogP contribution in [0, 0.1) is 17.8 Å². The number of hydrogen-bond acceptors (Lipinski definition) is 10. The highest BCUT2D eigenvalue weighted by Gasteiger charge is 2.63. The molecular formula is C39H47ClF5N5O9S. The predicted octanol–water partition coefficient (Wildman–Crippen LogP) is 5.81. The lowest BCUT2D eigenvalue weighted by atomic mass is 9.88. The molecule has 8 unspecified atom stereocenters. The first kappa shape index (κ1) is 45.1. The Morgan fingerprint density at radius 2 is 1.85 bits per heavy atom. The van der Waals surface area contributed by atoms with Crippen LogP contribution in [0.2, 0.25) is 5.02 Å². The number of allylic oxidation sites excluding steroid dienone is 1. The number of pyridine rings is 1. The van der Waals surface area contributed by atoms with Crippen molar-refractivity contribution in [3.8, 4) is 11.8 Å². The van der Waals surface area contributed by atoms with E-state index in [1.807, 2.05) is 13.0 Å². The van der Waals surface area contributed by atoms with Crippen molar-refractivity contribution in [3.63, 3.8) is 0 Å². The standard InChI is InChI=1S/C39H47ClF5N5O9S/c1-20-8-5-6-9-23-17-38(23,35(53)49-60(55,56)37(4)12-13-37)48-32(51)28-15-24(59-33-25-10-7-11-27(40)26(25)16-30(46-33)57-19-29(41)42)18-50(28)34(52)31(21(2)14-20)47-36(54)58-22(3)39(43,44)45/h6-7,9-11,16,20-24,28-29,31H,5,8,12-15,17-19H2,1-4H3,(H,47,54)(H,48,51)(H,49,53). The summed E-state index contributed by atoms with van der Waals surface area (Å²) in [7, 11) is -4.13. The van der Waals surface area contributed by atoms with E-state index in [-0.39, 0.29) is 42.1 Å². The Labute approximate surface area is 348 Å². The molecule has 4 aliphatic rings. The highest BCUT2D eigenvalue weighted by Crippen LogP contribution is 2.48. The number of alkyl carbamates (subject to hydrolysis) is 1. The Kier molecular flexibility index (Phi) is 12.9. The van der Waals surface area contributed by atoms with Crippen molar-refractivity contribution in [1.82, 2.24) is 25.2 Å². The minimum atomic E-state index is -4.90. The van der Waals surface area contributed by atoms with E-state index in [0.29, 0.717) is 49.8 Å². The molecule has 0 bridgehead atoms. The molecule has 6 rings (SSSR count). The molecule has 0 spiro atoms.